The quantitative estimate of drug-likeness (QED) is 0.641. The average molecular weight is 228 g/mol. The Labute approximate surface area is 101 Å². The second-order valence-corrected chi connectivity index (χ2v) is 3.98. The van der Waals surface area contributed by atoms with E-state index in [0.717, 1.165) is 16.8 Å². The maximum atomic E-state index is 5.92. The third-order valence-corrected chi connectivity index (χ3v) is 2.60. The molecule has 0 radical (unpaired) electrons. The molecular formula is C13H16N4. The number of hydrogen-bond acceptors (Lipinski definition) is 2. The number of rotatable bonds is 3. The second-order valence-electron chi connectivity index (χ2n) is 3.98. The van der Waals surface area contributed by atoms with Crippen LogP contribution in [0.2, 0.25) is 0 Å². The monoisotopic (exact) mass is 228 g/mol. The molecule has 0 atom stereocenters. The van der Waals surface area contributed by atoms with Crippen molar-refractivity contribution in [3.8, 4) is 0 Å². The van der Waals surface area contributed by atoms with Crippen LogP contribution in [0.3, 0.4) is 0 Å². The van der Waals surface area contributed by atoms with E-state index in [2.05, 4.69) is 10.1 Å². The Hall–Kier alpha value is -2.10. The predicted octanol–water partition coefficient (Wildman–Crippen LogP) is 1.63. The zero-order chi connectivity index (χ0) is 12.3. The van der Waals surface area contributed by atoms with Gasteiger partial charge in [-0.15, -0.1) is 0 Å². The molecule has 0 unspecified atom stereocenters. The molecule has 0 amide bonds. The minimum atomic E-state index is 0.564. The summed E-state index contributed by atoms with van der Waals surface area (Å²) < 4.78 is 1.79. The van der Waals surface area contributed by atoms with Gasteiger partial charge in [0.2, 0.25) is 0 Å². The molecule has 0 aliphatic rings. The highest BCUT2D eigenvalue weighted by atomic mass is 15.2. The van der Waals surface area contributed by atoms with Crippen LogP contribution in [0.5, 0.6) is 0 Å². The first-order valence-electron chi connectivity index (χ1n) is 5.51. The summed E-state index contributed by atoms with van der Waals surface area (Å²) in [5.41, 5.74) is 8.98. The fraction of sp³-hybridized carbons (Fsp3) is 0.231. The maximum absolute atomic E-state index is 5.92. The van der Waals surface area contributed by atoms with Crippen LogP contribution in [0.1, 0.15) is 16.8 Å². The van der Waals surface area contributed by atoms with E-state index in [1.807, 2.05) is 50.5 Å². The molecule has 0 spiro atoms. The molecule has 0 aliphatic heterocycles. The highest BCUT2D eigenvalue weighted by Crippen LogP contribution is 2.07. The minimum absolute atomic E-state index is 0.564. The van der Waals surface area contributed by atoms with Crippen molar-refractivity contribution in [2.45, 2.75) is 13.5 Å². The van der Waals surface area contributed by atoms with Crippen molar-refractivity contribution in [1.82, 2.24) is 9.78 Å². The molecule has 2 N–H and O–H groups in total. The Kier molecular flexibility index (Phi) is 3.23. The van der Waals surface area contributed by atoms with E-state index in [1.54, 1.807) is 4.68 Å². The van der Waals surface area contributed by atoms with Crippen molar-refractivity contribution >= 4 is 5.84 Å². The van der Waals surface area contributed by atoms with E-state index in [-0.39, 0.29) is 0 Å². The van der Waals surface area contributed by atoms with Gasteiger partial charge in [0.05, 0.1) is 12.2 Å². The Morgan fingerprint density at radius 2 is 2.06 bits per heavy atom. The zero-order valence-corrected chi connectivity index (χ0v) is 10.1. The van der Waals surface area contributed by atoms with Crippen LogP contribution < -0.4 is 5.73 Å². The third kappa shape index (κ3) is 2.72. The molecule has 88 valence electrons. The molecule has 1 heterocycles. The molecule has 0 fully saturated rings. The van der Waals surface area contributed by atoms with Crippen molar-refractivity contribution in [2.75, 3.05) is 0 Å². The van der Waals surface area contributed by atoms with Crippen LogP contribution in [-0.4, -0.2) is 15.6 Å². The number of nitrogens with two attached hydrogens (primary N) is 1. The van der Waals surface area contributed by atoms with Gasteiger partial charge in [0.25, 0.3) is 0 Å². The summed E-state index contributed by atoms with van der Waals surface area (Å²) in [6.07, 6.45) is 1.97. The molecule has 0 saturated carbocycles. The van der Waals surface area contributed by atoms with Gasteiger partial charge in [0.15, 0.2) is 0 Å². The van der Waals surface area contributed by atoms with E-state index in [1.165, 1.54) is 0 Å². The molecule has 2 rings (SSSR count). The van der Waals surface area contributed by atoms with Crippen molar-refractivity contribution in [1.29, 1.82) is 0 Å². The van der Waals surface area contributed by atoms with Gasteiger partial charge in [0.1, 0.15) is 5.84 Å². The molecule has 0 aliphatic carbocycles. The summed E-state index contributed by atoms with van der Waals surface area (Å²) in [6, 6.07) is 9.77. The first-order chi connectivity index (χ1) is 8.16. The molecule has 4 nitrogen and oxygen atoms in total. The average Bonchev–Trinajstić information content (AvgIpc) is 2.66. The Morgan fingerprint density at radius 1 is 1.35 bits per heavy atom. The minimum Gasteiger partial charge on any atom is -0.383 e. The smallest absolute Gasteiger partial charge is 0.125 e. The largest absolute Gasteiger partial charge is 0.383 e. The molecule has 4 heteroatoms. The lowest BCUT2D eigenvalue weighted by molar-refractivity contribution is 0.756. The number of hydrogen-bond donors (Lipinski definition) is 1. The third-order valence-electron chi connectivity index (χ3n) is 2.60. The maximum Gasteiger partial charge on any atom is 0.125 e. The lowest BCUT2D eigenvalue weighted by Gasteiger charge is -2.00. The summed E-state index contributed by atoms with van der Waals surface area (Å²) in [5.74, 6) is 0.564. The number of amidine groups is 1. The van der Waals surface area contributed by atoms with Gasteiger partial charge >= 0.3 is 0 Å². The molecule has 0 saturated heterocycles. The van der Waals surface area contributed by atoms with E-state index in [4.69, 9.17) is 5.73 Å². The first kappa shape index (κ1) is 11.4. The highest BCUT2D eigenvalue weighted by molar-refractivity contribution is 5.97. The van der Waals surface area contributed by atoms with Crippen molar-refractivity contribution in [3.63, 3.8) is 0 Å². The number of aliphatic imine (C=N–C) groups is 1. The van der Waals surface area contributed by atoms with Gasteiger partial charge in [-0.3, -0.25) is 9.67 Å². The molecule has 1 aromatic carbocycles. The van der Waals surface area contributed by atoms with Gasteiger partial charge in [-0.05, 0) is 6.92 Å². The van der Waals surface area contributed by atoms with Crippen molar-refractivity contribution < 1.29 is 0 Å². The predicted molar refractivity (Wildman–Crippen MR) is 68.8 cm³/mol. The van der Waals surface area contributed by atoms with Gasteiger partial charge < -0.3 is 5.73 Å². The van der Waals surface area contributed by atoms with Gasteiger partial charge in [0, 0.05) is 24.4 Å². The Bertz CT molecular complexity index is 526. The molecule has 2 aromatic rings. The van der Waals surface area contributed by atoms with E-state index in [0.29, 0.717) is 12.4 Å². The van der Waals surface area contributed by atoms with Crippen LogP contribution in [-0.2, 0) is 13.6 Å². The number of nitrogens with zero attached hydrogens (tertiary/aromatic N) is 3. The molecule has 1 aromatic heterocycles. The van der Waals surface area contributed by atoms with Gasteiger partial charge in [-0.25, -0.2) is 0 Å². The van der Waals surface area contributed by atoms with Crippen molar-refractivity contribution in [2.24, 2.45) is 17.8 Å². The summed E-state index contributed by atoms with van der Waals surface area (Å²) in [4.78, 5) is 4.38. The Balaban J connectivity index is 2.14. The van der Waals surface area contributed by atoms with E-state index in [9.17, 15) is 0 Å². The molecule has 0 bridgehead atoms. The number of benzene rings is 1. The zero-order valence-electron chi connectivity index (χ0n) is 10.1. The molecular weight excluding hydrogens is 212 g/mol. The Morgan fingerprint density at radius 3 is 2.65 bits per heavy atom. The summed E-state index contributed by atoms with van der Waals surface area (Å²) in [7, 11) is 1.90. The fourth-order valence-electron chi connectivity index (χ4n) is 1.67. The van der Waals surface area contributed by atoms with Gasteiger partial charge in [-0.2, -0.15) is 5.10 Å². The summed E-state index contributed by atoms with van der Waals surface area (Å²) in [6.45, 7) is 2.55. The van der Waals surface area contributed by atoms with Crippen molar-refractivity contribution in [3.05, 3.63) is 53.3 Å². The topological polar surface area (TPSA) is 56.2 Å². The number of aryl methyl sites for hydroxylation is 2. The lowest BCUT2D eigenvalue weighted by Crippen LogP contribution is -2.13. The molecule has 17 heavy (non-hydrogen) atoms. The van der Waals surface area contributed by atoms with E-state index >= 15 is 0 Å². The van der Waals surface area contributed by atoms with Crippen LogP contribution >= 0.6 is 0 Å². The standard InChI is InChI=1S/C13H16N4/c1-10-12(9-17(2)16-10)8-15-13(14)11-6-4-3-5-7-11/h3-7,9H,8H2,1-2H3,(H2,14,15). The van der Waals surface area contributed by atoms with E-state index < -0.39 is 0 Å². The van der Waals surface area contributed by atoms with Crippen LogP contribution in [0.25, 0.3) is 0 Å². The SMILES string of the molecule is Cc1nn(C)cc1CN=C(N)c1ccccc1. The van der Waals surface area contributed by atoms with Crippen LogP contribution in [0, 0.1) is 6.92 Å². The van der Waals surface area contributed by atoms with Crippen LogP contribution in [0.15, 0.2) is 41.5 Å². The first-order valence-corrected chi connectivity index (χ1v) is 5.51. The fourth-order valence-corrected chi connectivity index (χ4v) is 1.67. The lowest BCUT2D eigenvalue weighted by atomic mass is 10.2. The van der Waals surface area contributed by atoms with Gasteiger partial charge in [-0.1, -0.05) is 30.3 Å². The van der Waals surface area contributed by atoms with Crippen LogP contribution in [0.4, 0.5) is 0 Å². The number of aromatic nitrogens is 2. The summed E-state index contributed by atoms with van der Waals surface area (Å²) >= 11 is 0. The highest BCUT2D eigenvalue weighted by Gasteiger charge is 2.02. The normalized spacial score (nSPS) is 11.8. The second kappa shape index (κ2) is 4.82. The summed E-state index contributed by atoms with van der Waals surface area (Å²) in [5, 5.41) is 4.27.